The highest BCUT2D eigenvalue weighted by Gasteiger charge is 2.35. The van der Waals surface area contributed by atoms with Gasteiger partial charge >= 0.3 is 0 Å². The Balaban J connectivity index is 1.50. The second kappa shape index (κ2) is 7.37. The van der Waals surface area contributed by atoms with Crippen LogP contribution in [0.4, 0.5) is 0 Å². The largest absolute Gasteiger partial charge is 0.391 e. The van der Waals surface area contributed by atoms with Gasteiger partial charge in [-0.15, -0.1) is 11.3 Å². The number of hydrogen-bond acceptors (Lipinski definition) is 5. The molecule has 1 N–H and O–H groups in total. The molecule has 140 valence electrons. The number of aliphatic hydroxyl groups is 1. The van der Waals surface area contributed by atoms with Gasteiger partial charge in [0, 0.05) is 41.9 Å². The van der Waals surface area contributed by atoms with Crippen LogP contribution in [0.2, 0.25) is 0 Å². The van der Waals surface area contributed by atoms with E-state index in [-0.39, 0.29) is 11.8 Å². The summed E-state index contributed by atoms with van der Waals surface area (Å²) >= 11 is 1.52. The molecule has 3 heterocycles. The number of likely N-dealkylation sites (tertiary alicyclic amines) is 1. The normalized spacial score (nSPS) is 19.9. The fourth-order valence-electron chi connectivity index (χ4n) is 3.65. The van der Waals surface area contributed by atoms with Gasteiger partial charge in [-0.1, -0.05) is 32.0 Å². The monoisotopic (exact) mass is 381 g/mol. The van der Waals surface area contributed by atoms with E-state index in [0.717, 1.165) is 27.9 Å². The maximum absolute atomic E-state index is 12.8. The van der Waals surface area contributed by atoms with Gasteiger partial charge in [0.2, 0.25) is 0 Å². The molecule has 1 aliphatic rings. The third kappa shape index (κ3) is 3.59. The summed E-state index contributed by atoms with van der Waals surface area (Å²) in [6.07, 6.45) is 2.01. The van der Waals surface area contributed by atoms with Gasteiger partial charge in [-0.05, 0) is 24.1 Å². The predicted octanol–water partition coefficient (Wildman–Crippen LogP) is 3.49. The van der Waals surface area contributed by atoms with Gasteiger partial charge < -0.3 is 10.0 Å². The van der Waals surface area contributed by atoms with Crippen LogP contribution in [0.3, 0.4) is 0 Å². The predicted molar refractivity (Wildman–Crippen MR) is 107 cm³/mol. The fourth-order valence-corrected chi connectivity index (χ4v) is 4.46. The fraction of sp³-hybridized carbons (Fsp3) is 0.381. The van der Waals surface area contributed by atoms with Crippen LogP contribution in [0.1, 0.15) is 40.8 Å². The Morgan fingerprint density at radius 1 is 1.30 bits per heavy atom. The van der Waals surface area contributed by atoms with E-state index in [0.29, 0.717) is 24.7 Å². The minimum Gasteiger partial charge on any atom is -0.391 e. The Hall–Kier alpha value is -2.31. The molecule has 0 bridgehead atoms. The lowest BCUT2D eigenvalue weighted by Crippen LogP contribution is -2.29. The molecule has 0 spiro atoms. The lowest BCUT2D eigenvalue weighted by molar-refractivity contribution is 0.0759. The lowest BCUT2D eigenvalue weighted by Gasteiger charge is -2.15. The van der Waals surface area contributed by atoms with Gasteiger partial charge in [0.15, 0.2) is 0 Å². The average Bonchev–Trinajstić information content (AvgIpc) is 3.29. The Bertz CT molecular complexity index is 963. The molecule has 1 aliphatic heterocycles. The van der Waals surface area contributed by atoms with Gasteiger partial charge in [-0.25, -0.2) is 4.98 Å². The highest BCUT2D eigenvalue weighted by molar-refractivity contribution is 7.09. The van der Waals surface area contributed by atoms with Crippen molar-refractivity contribution in [1.29, 1.82) is 0 Å². The number of carbonyl (C=O) groups excluding carboxylic acids is 1. The Morgan fingerprint density at radius 2 is 2.11 bits per heavy atom. The molecule has 1 amide bonds. The minimum atomic E-state index is -0.524. The van der Waals surface area contributed by atoms with Gasteiger partial charge in [-0.2, -0.15) is 0 Å². The number of thiazole rings is 1. The summed E-state index contributed by atoms with van der Waals surface area (Å²) in [7, 11) is 0. The van der Waals surface area contributed by atoms with Crippen LogP contribution in [0.15, 0.2) is 41.9 Å². The summed E-state index contributed by atoms with van der Waals surface area (Å²) in [4.78, 5) is 23.4. The van der Waals surface area contributed by atoms with E-state index in [4.69, 9.17) is 0 Å². The summed E-state index contributed by atoms with van der Waals surface area (Å²) in [6.45, 7) is 5.05. The van der Waals surface area contributed by atoms with Crippen molar-refractivity contribution >= 4 is 28.1 Å². The number of aromatic nitrogens is 2. The summed E-state index contributed by atoms with van der Waals surface area (Å²) in [5, 5.41) is 14.5. The number of rotatable bonds is 4. The first-order valence-electron chi connectivity index (χ1n) is 9.28. The molecule has 1 aromatic carbocycles. The number of benzene rings is 1. The first-order valence-corrected chi connectivity index (χ1v) is 10.2. The minimum absolute atomic E-state index is 0.0166. The number of hydrogen-bond donors (Lipinski definition) is 1. The summed E-state index contributed by atoms with van der Waals surface area (Å²) in [5.74, 6) is 0.246. The molecule has 0 radical (unpaired) electrons. The number of pyridine rings is 1. The molecule has 0 aliphatic carbocycles. The molecular weight excluding hydrogens is 358 g/mol. The van der Waals surface area contributed by atoms with E-state index >= 15 is 0 Å². The Labute approximate surface area is 162 Å². The summed E-state index contributed by atoms with van der Waals surface area (Å²) in [5.41, 5.74) is 2.61. The highest BCUT2D eigenvalue weighted by atomic mass is 32.1. The Kier molecular flexibility index (Phi) is 4.93. The van der Waals surface area contributed by atoms with Gasteiger partial charge in [-0.3, -0.25) is 9.78 Å². The molecule has 2 aromatic heterocycles. The van der Waals surface area contributed by atoms with Crippen molar-refractivity contribution in [2.24, 2.45) is 5.92 Å². The molecule has 2 unspecified atom stereocenters. The SMILES string of the molecule is CC(C)c1nc(C(=O)N2CC(O)C(Cc3ccnc4ccccc34)C2)cs1. The van der Waals surface area contributed by atoms with Crippen molar-refractivity contribution in [2.45, 2.75) is 32.3 Å². The first-order chi connectivity index (χ1) is 13.0. The molecule has 1 fully saturated rings. The molecule has 3 aromatic rings. The molecule has 2 atom stereocenters. The van der Waals surface area contributed by atoms with Crippen molar-refractivity contribution in [3.05, 3.63) is 58.2 Å². The van der Waals surface area contributed by atoms with Gasteiger partial charge in [0.1, 0.15) is 5.69 Å². The van der Waals surface area contributed by atoms with Crippen molar-refractivity contribution in [3.8, 4) is 0 Å². The van der Waals surface area contributed by atoms with Crippen LogP contribution < -0.4 is 0 Å². The number of fused-ring (bicyclic) bond motifs is 1. The standard InChI is InChI=1S/C21H23N3O2S/c1-13(2)20-23-18(12-27-20)21(26)24-10-15(19(25)11-24)9-14-7-8-22-17-6-4-3-5-16(14)17/h3-8,12-13,15,19,25H,9-11H2,1-2H3. The van der Waals surface area contributed by atoms with Crippen molar-refractivity contribution < 1.29 is 9.90 Å². The quantitative estimate of drug-likeness (QED) is 0.751. The molecule has 4 rings (SSSR count). The maximum atomic E-state index is 12.8. The lowest BCUT2D eigenvalue weighted by atomic mass is 9.94. The number of β-amino-alcohol motifs (C(OH)–C–C–N with tert-alkyl or cyclic N) is 1. The molecule has 0 saturated carbocycles. The van der Waals surface area contributed by atoms with E-state index in [9.17, 15) is 9.90 Å². The number of amides is 1. The maximum Gasteiger partial charge on any atom is 0.273 e. The number of nitrogens with zero attached hydrogens (tertiary/aromatic N) is 3. The second-order valence-electron chi connectivity index (χ2n) is 7.45. The zero-order chi connectivity index (χ0) is 19.0. The van der Waals surface area contributed by atoms with Crippen molar-refractivity contribution in [2.75, 3.05) is 13.1 Å². The zero-order valence-corrected chi connectivity index (χ0v) is 16.3. The molecule has 1 saturated heterocycles. The Morgan fingerprint density at radius 3 is 2.89 bits per heavy atom. The zero-order valence-electron chi connectivity index (χ0n) is 15.5. The summed E-state index contributed by atoms with van der Waals surface area (Å²) < 4.78 is 0. The van der Waals surface area contributed by atoms with E-state index in [2.05, 4.69) is 29.9 Å². The van der Waals surface area contributed by atoms with Gasteiger partial charge in [0.05, 0.1) is 16.6 Å². The van der Waals surface area contributed by atoms with E-state index in [1.165, 1.54) is 11.3 Å². The van der Waals surface area contributed by atoms with E-state index < -0.39 is 6.10 Å². The molecule has 6 heteroatoms. The number of para-hydroxylation sites is 1. The average molecular weight is 382 g/mol. The number of carbonyl (C=O) groups is 1. The van der Waals surface area contributed by atoms with E-state index in [1.807, 2.05) is 35.8 Å². The third-order valence-electron chi connectivity index (χ3n) is 5.15. The molecule has 27 heavy (non-hydrogen) atoms. The van der Waals surface area contributed by atoms with Crippen LogP contribution in [0.5, 0.6) is 0 Å². The number of aliphatic hydroxyl groups excluding tert-OH is 1. The van der Waals surface area contributed by atoms with Crippen LogP contribution >= 0.6 is 11.3 Å². The van der Waals surface area contributed by atoms with Crippen LogP contribution in [-0.2, 0) is 6.42 Å². The smallest absolute Gasteiger partial charge is 0.273 e. The van der Waals surface area contributed by atoms with Crippen LogP contribution in [0.25, 0.3) is 10.9 Å². The van der Waals surface area contributed by atoms with Crippen molar-refractivity contribution in [3.63, 3.8) is 0 Å². The van der Waals surface area contributed by atoms with Crippen LogP contribution in [-0.4, -0.2) is 45.1 Å². The highest BCUT2D eigenvalue weighted by Crippen LogP contribution is 2.27. The summed E-state index contributed by atoms with van der Waals surface area (Å²) in [6, 6.07) is 10.0. The molecule has 5 nitrogen and oxygen atoms in total. The second-order valence-corrected chi connectivity index (χ2v) is 8.34. The van der Waals surface area contributed by atoms with E-state index in [1.54, 1.807) is 4.90 Å². The van der Waals surface area contributed by atoms with Gasteiger partial charge in [0.25, 0.3) is 5.91 Å². The topological polar surface area (TPSA) is 66.3 Å². The molecular formula is C21H23N3O2S. The third-order valence-corrected chi connectivity index (χ3v) is 6.30. The van der Waals surface area contributed by atoms with Crippen LogP contribution in [0, 0.1) is 5.92 Å². The first kappa shape index (κ1) is 18.1. The van der Waals surface area contributed by atoms with Crippen molar-refractivity contribution in [1.82, 2.24) is 14.9 Å².